The number of esters is 1. The normalized spacial score (nSPS) is 12.9. The third kappa shape index (κ3) is 5.44. The second kappa shape index (κ2) is 10.5. The van der Waals surface area contributed by atoms with E-state index >= 15 is 0 Å². The van der Waals surface area contributed by atoms with Gasteiger partial charge in [-0.2, -0.15) is 0 Å². The lowest BCUT2D eigenvalue weighted by molar-refractivity contribution is -0.132. The fraction of sp³-hybridized carbons (Fsp3) is 0.240. The van der Waals surface area contributed by atoms with Gasteiger partial charge in [-0.1, -0.05) is 18.2 Å². The molecule has 0 saturated carbocycles. The molecule has 1 aromatic heterocycles. The highest BCUT2D eigenvalue weighted by molar-refractivity contribution is 14.1. The molecule has 1 amide bonds. The second-order valence-electron chi connectivity index (χ2n) is 7.60. The van der Waals surface area contributed by atoms with Gasteiger partial charge >= 0.3 is 5.97 Å². The summed E-state index contributed by atoms with van der Waals surface area (Å²) in [6.07, 6.45) is 5.79. The first-order valence-corrected chi connectivity index (χ1v) is 12.5. The standard InChI is InChI=1S/C25H23IN2O4S/c1-15(29)32-23-19(26)12-16(13-20(23)31-2)14-27-25-22(18-10-6-7-11-21(18)33-25)24(30)28-17-8-4-3-5-9-17/h3-5,8-9,12-14H,6-7,10-11H2,1-2H3,(H,28,30). The molecule has 0 unspecified atom stereocenters. The van der Waals surface area contributed by atoms with Crippen LogP contribution in [-0.4, -0.2) is 25.2 Å². The molecule has 170 valence electrons. The van der Waals surface area contributed by atoms with E-state index in [9.17, 15) is 9.59 Å². The number of ether oxygens (including phenoxy) is 2. The first-order chi connectivity index (χ1) is 16.0. The Kier molecular flexibility index (Phi) is 7.44. The molecule has 0 spiro atoms. The maximum atomic E-state index is 13.2. The lowest BCUT2D eigenvalue weighted by Gasteiger charge is -2.13. The third-order valence-corrected chi connectivity index (χ3v) is 7.24. The number of aliphatic imine (C=N–C) groups is 1. The Balaban J connectivity index is 1.68. The van der Waals surface area contributed by atoms with Crippen LogP contribution in [0.25, 0.3) is 0 Å². The van der Waals surface area contributed by atoms with Crippen LogP contribution >= 0.6 is 33.9 Å². The number of aryl methyl sites for hydroxylation is 1. The zero-order chi connectivity index (χ0) is 23.4. The molecule has 1 N–H and O–H groups in total. The molecule has 0 radical (unpaired) electrons. The number of anilines is 1. The van der Waals surface area contributed by atoms with Crippen LogP contribution in [0.2, 0.25) is 0 Å². The SMILES string of the molecule is COc1cc(C=Nc2sc3c(c2C(=O)Nc2ccccc2)CCCC3)cc(I)c1OC(C)=O. The summed E-state index contributed by atoms with van der Waals surface area (Å²) < 4.78 is 11.4. The number of rotatable bonds is 6. The van der Waals surface area contributed by atoms with Gasteiger partial charge in [0.15, 0.2) is 11.5 Å². The minimum atomic E-state index is -0.411. The van der Waals surface area contributed by atoms with Gasteiger partial charge in [0.25, 0.3) is 5.91 Å². The largest absolute Gasteiger partial charge is 0.493 e. The zero-order valence-electron chi connectivity index (χ0n) is 18.3. The van der Waals surface area contributed by atoms with Crippen LogP contribution in [0.15, 0.2) is 47.5 Å². The van der Waals surface area contributed by atoms with Crippen LogP contribution < -0.4 is 14.8 Å². The number of nitrogens with zero attached hydrogens (tertiary/aromatic N) is 1. The molecule has 6 nitrogen and oxygen atoms in total. The Labute approximate surface area is 210 Å². The first kappa shape index (κ1) is 23.4. The van der Waals surface area contributed by atoms with Crippen LogP contribution in [0.3, 0.4) is 0 Å². The number of benzene rings is 2. The highest BCUT2D eigenvalue weighted by Gasteiger charge is 2.25. The molecule has 3 aromatic rings. The molecule has 2 aromatic carbocycles. The molecule has 1 aliphatic carbocycles. The Hall–Kier alpha value is -2.72. The van der Waals surface area contributed by atoms with Crippen LogP contribution in [0, 0.1) is 3.57 Å². The lowest BCUT2D eigenvalue weighted by atomic mass is 9.95. The molecule has 4 rings (SSSR count). The topological polar surface area (TPSA) is 77.0 Å². The number of carbonyl (C=O) groups is 2. The minimum Gasteiger partial charge on any atom is -0.493 e. The number of carbonyl (C=O) groups excluding carboxylic acids is 2. The smallest absolute Gasteiger partial charge is 0.308 e. The van der Waals surface area contributed by atoms with Crippen LogP contribution in [-0.2, 0) is 17.6 Å². The van der Waals surface area contributed by atoms with Crippen molar-refractivity contribution in [3.63, 3.8) is 0 Å². The summed E-state index contributed by atoms with van der Waals surface area (Å²) in [5, 5.41) is 3.71. The molecule has 0 bridgehead atoms. The summed E-state index contributed by atoms with van der Waals surface area (Å²) in [6.45, 7) is 1.35. The van der Waals surface area contributed by atoms with E-state index in [0.717, 1.165) is 46.1 Å². The van der Waals surface area contributed by atoms with Gasteiger partial charge in [-0.25, -0.2) is 4.99 Å². The first-order valence-electron chi connectivity index (χ1n) is 10.6. The quantitative estimate of drug-likeness (QED) is 0.165. The summed E-state index contributed by atoms with van der Waals surface area (Å²) in [7, 11) is 1.53. The van der Waals surface area contributed by atoms with Crippen molar-refractivity contribution in [3.8, 4) is 11.5 Å². The van der Waals surface area contributed by atoms with Crippen LogP contribution in [0.5, 0.6) is 11.5 Å². The molecular weight excluding hydrogens is 551 g/mol. The van der Waals surface area contributed by atoms with E-state index in [1.165, 1.54) is 18.9 Å². The number of para-hydroxylation sites is 1. The van der Waals surface area contributed by atoms with E-state index in [1.54, 1.807) is 23.6 Å². The Bertz CT molecular complexity index is 1220. The molecule has 0 atom stereocenters. The van der Waals surface area contributed by atoms with Crippen molar-refractivity contribution in [1.29, 1.82) is 0 Å². The van der Waals surface area contributed by atoms with Gasteiger partial charge < -0.3 is 14.8 Å². The van der Waals surface area contributed by atoms with Gasteiger partial charge in [0.2, 0.25) is 0 Å². The van der Waals surface area contributed by atoms with Gasteiger partial charge in [0.05, 0.1) is 16.2 Å². The molecular formula is C25H23IN2O4S. The summed E-state index contributed by atoms with van der Waals surface area (Å²) in [6, 6.07) is 13.1. The fourth-order valence-corrected chi connectivity index (χ4v) is 5.75. The average molecular weight is 574 g/mol. The zero-order valence-corrected chi connectivity index (χ0v) is 21.3. The van der Waals surface area contributed by atoms with Crippen molar-refractivity contribution < 1.29 is 19.1 Å². The number of hydrogen-bond acceptors (Lipinski definition) is 6. The van der Waals surface area contributed by atoms with E-state index in [0.29, 0.717) is 22.1 Å². The van der Waals surface area contributed by atoms with E-state index in [1.807, 2.05) is 36.4 Å². The van der Waals surface area contributed by atoms with Crippen molar-refractivity contribution in [2.24, 2.45) is 4.99 Å². The minimum absolute atomic E-state index is 0.134. The Morgan fingerprint density at radius 2 is 1.91 bits per heavy atom. The van der Waals surface area contributed by atoms with Crippen molar-refractivity contribution in [2.75, 3.05) is 12.4 Å². The molecule has 1 heterocycles. The Morgan fingerprint density at radius 1 is 1.15 bits per heavy atom. The predicted octanol–water partition coefficient (Wildman–Crippen LogP) is 6.17. The van der Waals surface area contributed by atoms with Crippen LogP contribution in [0.4, 0.5) is 10.7 Å². The van der Waals surface area contributed by atoms with Gasteiger partial charge in [0.1, 0.15) is 5.00 Å². The number of fused-ring (bicyclic) bond motifs is 1. The van der Waals surface area contributed by atoms with E-state index in [4.69, 9.17) is 14.5 Å². The molecule has 0 saturated heterocycles. The molecule has 1 aliphatic rings. The highest BCUT2D eigenvalue weighted by atomic mass is 127. The van der Waals surface area contributed by atoms with Gasteiger partial charge in [-0.05, 0) is 83.7 Å². The van der Waals surface area contributed by atoms with E-state index in [2.05, 4.69) is 27.9 Å². The maximum Gasteiger partial charge on any atom is 0.308 e. The lowest BCUT2D eigenvalue weighted by Crippen LogP contribution is -2.14. The van der Waals surface area contributed by atoms with Crippen molar-refractivity contribution in [2.45, 2.75) is 32.6 Å². The monoisotopic (exact) mass is 574 g/mol. The number of halogens is 1. The average Bonchev–Trinajstić information content (AvgIpc) is 3.18. The maximum absolute atomic E-state index is 13.2. The third-order valence-electron chi connectivity index (χ3n) is 5.24. The molecule has 0 fully saturated rings. The number of methoxy groups -OCH3 is 1. The molecule has 33 heavy (non-hydrogen) atoms. The van der Waals surface area contributed by atoms with Crippen LogP contribution in [0.1, 0.15) is 46.1 Å². The summed E-state index contributed by atoms with van der Waals surface area (Å²) in [5.74, 6) is 0.291. The van der Waals surface area contributed by atoms with Crippen molar-refractivity contribution in [3.05, 3.63) is 67.6 Å². The van der Waals surface area contributed by atoms with Gasteiger partial charge in [0, 0.05) is 23.7 Å². The number of nitrogens with one attached hydrogen (secondary N) is 1. The van der Waals surface area contributed by atoms with Crippen molar-refractivity contribution in [1.82, 2.24) is 0 Å². The number of amides is 1. The van der Waals surface area contributed by atoms with E-state index in [-0.39, 0.29) is 5.91 Å². The summed E-state index contributed by atoms with van der Waals surface area (Å²) >= 11 is 3.69. The number of thiophene rings is 1. The fourth-order valence-electron chi connectivity index (χ4n) is 3.78. The number of hydrogen-bond donors (Lipinski definition) is 1. The summed E-state index contributed by atoms with van der Waals surface area (Å²) in [5.41, 5.74) is 3.32. The highest BCUT2D eigenvalue weighted by Crippen LogP contribution is 2.40. The predicted molar refractivity (Wildman–Crippen MR) is 140 cm³/mol. The second-order valence-corrected chi connectivity index (χ2v) is 9.84. The van der Waals surface area contributed by atoms with E-state index < -0.39 is 5.97 Å². The van der Waals surface area contributed by atoms with Gasteiger partial charge in [-0.15, -0.1) is 11.3 Å². The molecule has 0 aliphatic heterocycles. The summed E-state index contributed by atoms with van der Waals surface area (Å²) in [4.78, 5) is 30.6. The Morgan fingerprint density at radius 3 is 2.64 bits per heavy atom. The van der Waals surface area contributed by atoms with Crippen molar-refractivity contribution >= 4 is 62.7 Å². The molecule has 8 heteroatoms. The van der Waals surface area contributed by atoms with Gasteiger partial charge in [-0.3, -0.25) is 9.59 Å².